The molecule has 0 aromatic carbocycles. The Hall–Kier alpha value is -1.20. The molecule has 1 aliphatic heterocycles. The summed E-state index contributed by atoms with van der Waals surface area (Å²) >= 11 is 0. The molecule has 5 nitrogen and oxygen atoms in total. The number of rotatable bonds is 7. The number of nitrogens with zero attached hydrogens (tertiary/aromatic N) is 4. The van der Waals surface area contributed by atoms with Gasteiger partial charge in [-0.05, 0) is 26.3 Å². The first kappa shape index (κ1) is 16.2. The second-order valence-corrected chi connectivity index (χ2v) is 5.86. The molecule has 0 bridgehead atoms. The Morgan fingerprint density at radius 3 is 2.43 bits per heavy atom. The molecule has 0 atom stereocenters. The van der Waals surface area contributed by atoms with Crippen LogP contribution in [0.2, 0.25) is 0 Å². The van der Waals surface area contributed by atoms with Crippen LogP contribution < -0.4 is 5.32 Å². The molecule has 0 spiro atoms. The minimum Gasteiger partial charge on any atom is -0.370 e. The highest BCUT2D eigenvalue weighted by Crippen LogP contribution is 2.10. The molecule has 2 rings (SSSR count). The Balaban J connectivity index is 1.89. The van der Waals surface area contributed by atoms with Gasteiger partial charge in [0.25, 0.3) is 0 Å². The molecule has 1 aliphatic rings. The summed E-state index contributed by atoms with van der Waals surface area (Å²) in [4.78, 5) is 14.2. The number of aromatic nitrogens is 2. The van der Waals surface area contributed by atoms with Gasteiger partial charge in [-0.1, -0.05) is 13.8 Å². The lowest BCUT2D eigenvalue weighted by molar-refractivity contribution is 0.125. The van der Waals surface area contributed by atoms with Crippen LogP contribution in [0.1, 0.15) is 38.2 Å². The summed E-state index contributed by atoms with van der Waals surface area (Å²) in [6.45, 7) is 14.1. The van der Waals surface area contributed by atoms with Gasteiger partial charge in [0.05, 0.1) is 6.54 Å². The van der Waals surface area contributed by atoms with E-state index in [1.807, 2.05) is 13.0 Å². The monoisotopic (exact) mass is 291 g/mol. The number of hydrogen-bond donors (Lipinski definition) is 1. The highest BCUT2D eigenvalue weighted by Gasteiger charge is 2.17. The molecule has 2 heterocycles. The van der Waals surface area contributed by atoms with Crippen molar-refractivity contribution in [3.63, 3.8) is 0 Å². The Morgan fingerprint density at radius 1 is 1.05 bits per heavy atom. The number of nitrogens with one attached hydrogen (secondary N) is 1. The molecule has 21 heavy (non-hydrogen) atoms. The van der Waals surface area contributed by atoms with Crippen molar-refractivity contribution in [2.24, 2.45) is 0 Å². The van der Waals surface area contributed by atoms with Crippen LogP contribution in [0, 0.1) is 6.92 Å². The van der Waals surface area contributed by atoms with Crippen LogP contribution >= 0.6 is 0 Å². The van der Waals surface area contributed by atoms with Crippen molar-refractivity contribution in [1.82, 2.24) is 19.8 Å². The van der Waals surface area contributed by atoms with Gasteiger partial charge in [0, 0.05) is 44.5 Å². The summed E-state index contributed by atoms with van der Waals surface area (Å²) in [5.74, 6) is 1.90. The molecule has 0 radical (unpaired) electrons. The lowest BCUT2D eigenvalue weighted by Crippen LogP contribution is -2.46. The maximum Gasteiger partial charge on any atom is 0.144 e. The van der Waals surface area contributed by atoms with Crippen LogP contribution in [0.3, 0.4) is 0 Å². The SMILES string of the molecule is CCCNc1cc(C)nc(CN2CCN(CCC)CC2)n1. The maximum absolute atomic E-state index is 4.64. The maximum atomic E-state index is 4.64. The molecular formula is C16H29N5. The van der Waals surface area contributed by atoms with Gasteiger partial charge < -0.3 is 10.2 Å². The standard InChI is InChI=1S/C16H29N5/c1-4-6-17-15-12-14(3)18-16(19-15)13-21-10-8-20(7-5-2)9-11-21/h12H,4-11,13H2,1-3H3,(H,17,18,19). The van der Waals surface area contributed by atoms with E-state index in [1.54, 1.807) is 0 Å². The molecule has 1 saturated heterocycles. The lowest BCUT2D eigenvalue weighted by atomic mass is 10.3. The third-order valence-corrected chi connectivity index (χ3v) is 3.83. The Morgan fingerprint density at radius 2 is 1.76 bits per heavy atom. The number of anilines is 1. The molecule has 1 N–H and O–H groups in total. The van der Waals surface area contributed by atoms with Gasteiger partial charge >= 0.3 is 0 Å². The van der Waals surface area contributed by atoms with Gasteiger partial charge in [-0.2, -0.15) is 0 Å². The van der Waals surface area contributed by atoms with Crippen molar-refractivity contribution >= 4 is 5.82 Å². The summed E-state index contributed by atoms with van der Waals surface area (Å²) < 4.78 is 0. The zero-order valence-electron chi connectivity index (χ0n) is 13.7. The van der Waals surface area contributed by atoms with Gasteiger partial charge in [-0.15, -0.1) is 0 Å². The minimum atomic E-state index is 0.864. The quantitative estimate of drug-likeness (QED) is 0.834. The van der Waals surface area contributed by atoms with E-state index in [-0.39, 0.29) is 0 Å². The van der Waals surface area contributed by atoms with Crippen LogP contribution in [0.4, 0.5) is 5.82 Å². The molecule has 1 fully saturated rings. The van der Waals surface area contributed by atoms with Crippen LogP contribution in [0.15, 0.2) is 6.07 Å². The van der Waals surface area contributed by atoms with Crippen LogP contribution in [0.5, 0.6) is 0 Å². The molecular weight excluding hydrogens is 262 g/mol. The molecule has 0 saturated carbocycles. The van der Waals surface area contributed by atoms with Crippen molar-refractivity contribution < 1.29 is 0 Å². The van der Waals surface area contributed by atoms with E-state index in [2.05, 4.69) is 38.9 Å². The van der Waals surface area contributed by atoms with E-state index in [0.29, 0.717) is 0 Å². The van der Waals surface area contributed by atoms with Gasteiger partial charge in [-0.25, -0.2) is 9.97 Å². The second-order valence-electron chi connectivity index (χ2n) is 5.86. The summed E-state index contributed by atoms with van der Waals surface area (Å²) in [6, 6.07) is 2.03. The third kappa shape index (κ3) is 5.25. The fraction of sp³-hybridized carbons (Fsp3) is 0.750. The zero-order chi connectivity index (χ0) is 15.1. The molecule has 118 valence electrons. The molecule has 5 heteroatoms. The Bertz CT molecular complexity index is 427. The smallest absolute Gasteiger partial charge is 0.144 e. The van der Waals surface area contributed by atoms with Gasteiger partial charge in [0.15, 0.2) is 0 Å². The fourth-order valence-corrected chi connectivity index (χ4v) is 2.73. The predicted molar refractivity (Wildman–Crippen MR) is 87.6 cm³/mol. The topological polar surface area (TPSA) is 44.3 Å². The van der Waals surface area contributed by atoms with E-state index >= 15 is 0 Å². The lowest BCUT2D eigenvalue weighted by Gasteiger charge is -2.34. The fourth-order valence-electron chi connectivity index (χ4n) is 2.73. The first-order valence-corrected chi connectivity index (χ1v) is 8.24. The van der Waals surface area contributed by atoms with Gasteiger partial charge in [0.2, 0.25) is 0 Å². The molecule has 0 aliphatic carbocycles. The van der Waals surface area contributed by atoms with E-state index in [4.69, 9.17) is 0 Å². The van der Waals surface area contributed by atoms with E-state index in [0.717, 1.165) is 49.9 Å². The molecule has 1 aromatic heterocycles. The van der Waals surface area contributed by atoms with Crippen LogP contribution in [0.25, 0.3) is 0 Å². The number of hydrogen-bond acceptors (Lipinski definition) is 5. The van der Waals surface area contributed by atoms with Crippen molar-refractivity contribution in [2.45, 2.75) is 40.2 Å². The normalized spacial score (nSPS) is 17.1. The average Bonchev–Trinajstić information content (AvgIpc) is 2.47. The summed E-state index contributed by atoms with van der Waals surface area (Å²) in [5.41, 5.74) is 1.04. The highest BCUT2D eigenvalue weighted by atomic mass is 15.3. The van der Waals surface area contributed by atoms with Crippen LogP contribution in [-0.2, 0) is 6.54 Å². The van der Waals surface area contributed by atoms with Crippen molar-refractivity contribution in [2.75, 3.05) is 44.6 Å². The van der Waals surface area contributed by atoms with Crippen molar-refractivity contribution in [3.05, 3.63) is 17.6 Å². The first-order valence-electron chi connectivity index (χ1n) is 8.24. The van der Waals surface area contributed by atoms with E-state index in [1.165, 1.54) is 26.1 Å². The van der Waals surface area contributed by atoms with E-state index < -0.39 is 0 Å². The molecule has 1 aromatic rings. The molecule has 0 unspecified atom stereocenters. The first-order chi connectivity index (χ1) is 10.2. The Labute approximate surface area is 128 Å². The summed E-state index contributed by atoms with van der Waals surface area (Å²) in [7, 11) is 0. The Kier molecular flexibility index (Phi) is 6.39. The largest absolute Gasteiger partial charge is 0.370 e. The van der Waals surface area contributed by atoms with Crippen molar-refractivity contribution in [1.29, 1.82) is 0 Å². The van der Waals surface area contributed by atoms with Gasteiger partial charge in [0.1, 0.15) is 11.6 Å². The van der Waals surface area contributed by atoms with Crippen molar-refractivity contribution in [3.8, 4) is 0 Å². The number of piperazine rings is 1. The summed E-state index contributed by atoms with van der Waals surface area (Å²) in [5, 5.41) is 3.36. The van der Waals surface area contributed by atoms with Crippen LogP contribution in [-0.4, -0.2) is 59.0 Å². The molecule has 0 amide bonds. The average molecular weight is 291 g/mol. The minimum absolute atomic E-state index is 0.864. The summed E-state index contributed by atoms with van der Waals surface area (Å²) in [6.07, 6.45) is 2.35. The van der Waals surface area contributed by atoms with Gasteiger partial charge in [-0.3, -0.25) is 4.90 Å². The second kappa shape index (κ2) is 8.29. The predicted octanol–water partition coefficient (Wildman–Crippen LogP) is 2.13. The highest BCUT2D eigenvalue weighted by molar-refractivity contribution is 5.35. The van der Waals surface area contributed by atoms with E-state index in [9.17, 15) is 0 Å². The zero-order valence-corrected chi connectivity index (χ0v) is 13.7. The third-order valence-electron chi connectivity index (χ3n) is 3.83. The number of aryl methyl sites for hydroxylation is 1.